The number of rotatable bonds is 0. The molecular formula is C12H15NOZn. The molecule has 0 aromatic heterocycles. The zero-order chi connectivity index (χ0) is 11.5. The fourth-order valence-electron chi connectivity index (χ4n) is 1.65. The quantitative estimate of drug-likeness (QED) is 0.664. The van der Waals surface area contributed by atoms with Crippen LogP contribution < -0.4 is 4.90 Å². The zero-order valence-corrected chi connectivity index (χ0v) is 12.5. The molecule has 0 radical (unpaired) electrons. The predicted octanol–water partition coefficient (Wildman–Crippen LogP) is 2.81. The van der Waals surface area contributed by atoms with Gasteiger partial charge >= 0.3 is 21.8 Å². The molecule has 1 aliphatic rings. The molecule has 0 bridgehead atoms. The molecule has 0 N–H and O–H groups in total. The van der Waals surface area contributed by atoms with Crippen LogP contribution in [0.1, 0.15) is 19.4 Å². The second-order valence-corrected chi connectivity index (χ2v) is 4.10. The van der Waals surface area contributed by atoms with Gasteiger partial charge in [-0.3, -0.25) is 0 Å². The first-order valence-corrected chi connectivity index (χ1v) is 6.13. The van der Waals surface area contributed by atoms with Crippen molar-refractivity contribution in [2.24, 2.45) is 0 Å². The van der Waals surface area contributed by atoms with E-state index >= 15 is 0 Å². The molecule has 15 heavy (non-hydrogen) atoms. The third-order valence-electron chi connectivity index (χ3n) is 2.83. The predicted molar refractivity (Wildman–Crippen MR) is 58.6 cm³/mol. The van der Waals surface area contributed by atoms with Gasteiger partial charge in [-0.05, 0) is 25.5 Å². The number of hydrogen-bond acceptors (Lipinski definition) is 2. The van der Waals surface area contributed by atoms with E-state index in [2.05, 4.69) is 62.2 Å². The normalized spacial score (nSPS) is 16.5. The maximum atomic E-state index is 8.38. The number of para-hydroxylation sites is 1. The van der Waals surface area contributed by atoms with Gasteiger partial charge in [0, 0.05) is 12.7 Å². The summed E-state index contributed by atoms with van der Waals surface area (Å²) in [4.78, 5) is 2.31. The Morgan fingerprint density at radius 2 is 1.80 bits per heavy atom. The van der Waals surface area contributed by atoms with E-state index in [1.165, 1.54) is 11.3 Å². The van der Waals surface area contributed by atoms with Crippen LogP contribution in [0.2, 0.25) is 0 Å². The van der Waals surface area contributed by atoms with E-state index in [0.29, 0.717) is 0 Å². The Hall–Kier alpha value is -0.817. The second kappa shape index (κ2) is 4.80. The molecule has 0 unspecified atom stereocenters. The topological polar surface area (TPSA) is 20.3 Å². The molecular weight excluding hydrogens is 240 g/mol. The molecule has 0 fully saturated rings. The average molecular weight is 255 g/mol. The molecule has 2 rings (SSSR count). The van der Waals surface area contributed by atoms with Gasteiger partial charge in [-0.15, -0.1) is 0 Å². The summed E-state index contributed by atoms with van der Waals surface area (Å²) in [6.45, 7) is 4.44. The Bertz CT molecular complexity index is 374. The fraction of sp³-hybridized carbons (Fsp3) is 0.333. The fourth-order valence-corrected chi connectivity index (χ4v) is 1.65. The summed E-state index contributed by atoms with van der Waals surface area (Å²) in [5.74, 6) is 0. The summed E-state index contributed by atoms with van der Waals surface area (Å²) in [6.07, 6.45) is 4.45. The Morgan fingerprint density at radius 1 is 1.20 bits per heavy atom. The molecule has 1 aromatic carbocycles. The average Bonchev–Trinajstić information content (AvgIpc) is 2.27. The standard InChI is InChI=1S/C12H15N.O.Zn/c1-12(2)9-8-10-6-4-5-7-11(10)13(12)3;;/h4-9H,1-3H3;;. The maximum absolute atomic E-state index is 8.38. The second-order valence-electron chi connectivity index (χ2n) is 4.10. The monoisotopic (exact) mass is 253 g/mol. The Kier molecular flexibility index (Phi) is 3.92. The summed E-state index contributed by atoms with van der Waals surface area (Å²) in [5, 5.41) is 0. The van der Waals surface area contributed by atoms with Crippen molar-refractivity contribution in [3.05, 3.63) is 35.9 Å². The number of likely N-dealkylation sites (N-methyl/N-ethyl adjacent to an activating group) is 1. The van der Waals surface area contributed by atoms with Crippen LogP contribution in [0.25, 0.3) is 6.08 Å². The van der Waals surface area contributed by atoms with Crippen molar-refractivity contribution in [3.8, 4) is 0 Å². The minimum absolute atomic E-state index is 0.125. The molecule has 0 saturated carbocycles. The van der Waals surface area contributed by atoms with Crippen LogP contribution >= 0.6 is 0 Å². The van der Waals surface area contributed by atoms with Gasteiger partial charge in [-0.25, -0.2) is 0 Å². The van der Waals surface area contributed by atoms with E-state index in [0.717, 1.165) is 0 Å². The number of anilines is 1. The van der Waals surface area contributed by atoms with E-state index in [9.17, 15) is 0 Å². The Balaban J connectivity index is 0.000000531. The molecule has 3 heteroatoms. The van der Waals surface area contributed by atoms with E-state index in [4.69, 9.17) is 3.57 Å². The van der Waals surface area contributed by atoms with Gasteiger partial charge in [-0.2, -0.15) is 0 Å². The molecule has 0 atom stereocenters. The molecule has 1 aliphatic heterocycles. The van der Waals surface area contributed by atoms with Crippen LogP contribution in [0.15, 0.2) is 30.3 Å². The Morgan fingerprint density at radius 3 is 2.47 bits per heavy atom. The van der Waals surface area contributed by atoms with Gasteiger partial charge in [0.25, 0.3) is 0 Å². The van der Waals surface area contributed by atoms with E-state index in [-0.39, 0.29) is 23.8 Å². The molecule has 0 aliphatic carbocycles. The minimum atomic E-state index is 0.125. The third kappa shape index (κ3) is 2.41. The summed E-state index contributed by atoms with van der Waals surface area (Å²) >= 11 is 0.125. The molecule has 76 valence electrons. The first-order chi connectivity index (χ1) is 7.11. The van der Waals surface area contributed by atoms with Crippen molar-refractivity contribution < 1.29 is 21.8 Å². The van der Waals surface area contributed by atoms with Crippen molar-refractivity contribution in [1.29, 1.82) is 0 Å². The van der Waals surface area contributed by atoms with Crippen LogP contribution in [0.3, 0.4) is 0 Å². The van der Waals surface area contributed by atoms with Gasteiger partial charge in [-0.1, -0.05) is 30.4 Å². The van der Waals surface area contributed by atoms with Crippen LogP contribution in [-0.4, -0.2) is 12.6 Å². The van der Waals surface area contributed by atoms with E-state index < -0.39 is 0 Å². The van der Waals surface area contributed by atoms with Gasteiger partial charge in [0.05, 0.1) is 5.54 Å². The zero-order valence-electron chi connectivity index (χ0n) is 9.53. The van der Waals surface area contributed by atoms with Crippen LogP contribution in [-0.2, 0) is 21.8 Å². The van der Waals surface area contributed by atoms with Crippen LogP contribution in [0.5, 0.6) is 0 Å². The molecule has 0 spiro atoms. The summed E-state index contributed by atoms with van der Waals surface area (Å²) in [5.41, 5.74) is 2.76. The van der Waals surface area contributed by atoms with Crippen molar-refractivity contribution >= 4 is 11.8 Å². The van der Waals surface area contributed by atoms with E-state index in [1.54, 1.807) is 0 Å². The molecule has 1 heterocycles. The summed E-state index contributed by atoms with van der Waals surface area (Å²) < 4.78 is 8.38. The molecule has 1 aromatic rings. The molecule has 2 nitrogen and oxygen atoms in total. The summed E-state index contributed by atoms with van der Waals surface area (Å²) in [7, 11) is 2.14. The number of hydrogen-bond donors (Lipinski definition) is 0. The third-order valence-corrected chi connectivity index (χ3v) is 2.83. The van der Waals surface area contributed by atoms with Gasteiger partial charge in [0.1, 0.15) is 0 Å². The number of nitrogens with zero attached hydrogens (tertiary/aromatic N) is 1. The van der Waals surface area contributed by atoms with Gasteiger partial charge < -0.3 is 4.90 Å². The first-order valence-electron chi connectivity index (χ1n) is 4.92. The SMILES string of the molecule is CN1c2ccccc2C=CC1(C)C.[O]=[Zn]. The van der Waals surface area contributed by atoms with Crippen LogP contribution in [0.4, 0.5) is 5.69 Å². The molecule has 0 saturated heterocycles. The first kappa shape index (κ1) is 12.3. The number of fused-ring (bicyclic) bond motifs is 1. The van der Waals surface area contributed by atoms with Crippen molar-refractivity contribution in [3.63, 3.8) is 0 Å². The number of benzene rings is 1. The van der Waals surface area contributed by atoms with Crippen molar-refractivity contribution in [2.45, 2.75) is 19.4 Å². The van der Waals surface area contributed by atoms with Crippen LogP contribution in [0, 0.1) is 0 Å². The van der Waals surface area contributed by atoms with Gasteiger partial charge in [0.2, 0.25) is 0 Å². The molecule has 0 amide bonds. The Labute approximate surface area is 101 Å². The van der Waals surface area contributed by atoms with Gasteiger partial charge in [0.15, 0.2) is 0 Å². The van der Waals surface area contributed by atoms with E-state index in [1.807, 2.05) is 0 Å². The van der Waals surface area contributed by atoms with Crippen molar-refractivity contribution in [1.82, 2.24) is 0 Å². The van der Waals surface area contributed by atoms with Crippen molar-refractivity contribution in [2.75, 3.05) is 11.9 Å². The summed E-state index contributed by atoms with van der Waals surface area (Å²) in [6, 6.07) is 8.48.